The molecule has 0 aliphatic carbocycles. The van der Waals surface area contributed by atoms with E-state index in [1.54, 1.807) is 22.0 Å². The van der Waals surface area contributed by atoms with E-state index in [2.05, 4.69) is 20.4 Å². The van der Waals surface area contributed by atoms with Gasteiger partial charge in [0.1, 0.15) is 5.82 Å². The number of carbonyl (C=O) groups is 1. The number of aryl methyl sites for hydroxylation is 2. The molecule has 1 aliphatic rings. The molecule has 1 amide bonds. The molecule has 8 nitrogen and oxygen atoms in total. The van der Waals surface area contributed by atoms with Gasteiger partial charge < -0.3 is 15.0 Å². The Hall–Kier alpha value is -2.64. The summed E-state index contributed by atoms with van der Waals surface area (Å²) >= 11 is 0. The molecule has 0 unspecified atom stereocenters. The molecule has 0 radical (unpaired) electrons. The number of nitrogens with zero attached hydrogens (tertiary/aromatic N) is 5. The van der Waals surface area contributed by atoms with Gasteiger partial charge in [0.25, 0.3) is 0 Å². The molecule has 1 N–H and O–H groups in total. The number of hydrogen-bond acceptors (Lipinski definition) is 6. The van der Waals surface area contributed by atoms with Gasteiger partial charge in [0.05, 0.1) is 25.2 Å². The van der Waals surface area contributed by atoms with Crippen LogP contribution in [0.25, 0.3) is 5.82 Å². The summed E-state index contributed by atoms with van der Waals surface area (Å²) in [5.41, 5.74) is 1.97. The molecule has 24 heavy (non-hydrogen) atoms. The van der Waals surface area contributed by atoms with Crippen LogP contribution in [-0.4, -0.2) is 57.0 Å². The molecular weight excluding hydrogens is 308 g/mol. The molecule has 128 valence electrons. The second-order valence-corrected chi connectivity index (χ2v) is 5.98. The molecule has 0 saturated carbocycles. The van der Waals surface area contributed by atoms with Crippen molar-refractivity contribution in [2.75, 3.05) is 25.5 Å². The monoisotopic (exact) mass is 330 g/mol. The molecule has 3 heterocycles. The lowest BCUT2D eigenvalue weighted by molar-refractivity contribution is 0.113. The van der Waals surface area contributed by atoms with Crippen LogP contribution in [0, 0.1) is 13.8 Å². The highest BCUT2D eigenvalue weighted by atomic mass is 16.5. The van der Waals surface area contributed by atoms with Crippen LogP contribution in [0.4, 0.5) is 10.6 Å². The van der Waals surface area contributed by atoms with Crippen molar-refractivity contribution in [2.24, 2.45) is 0 Å². The number of anilines is 1. The second kappa shape index (κ2) is 6.86. The van der Waals surface area contributed by atoms with E-state index in [9.17, 15) is 4.79 Å². The first kappa shape index (κ1) is 16.2. The van der Waals surface area contributed by atoms with Crippen LogP contribution >= 0.6 is 0 Å². The van der Waals surface area contributed by atoms with Crippen molar-refractivity contribution in [2.45, 2.75) is 32.7 Å². The van der Waals surface area contributed by atoms with Crippen LogP contribution in [-0.2, 0) is 4.74 Å². The molecule has 1 fully saturated rings. The zero-order valence-corrected chi connectivity index (χ0v) is 14.2. The van der Waals surface area contributed by atoms with E-state index in [-0.39, 0.29) is 12.1 Å². The summed E-state index contributed by atoms with van der Waals surface area (Å²) in [7, 11) is 1.41. The van der Waals surface area contributed by atoms with Gasteiger partial charge in [0.15, 0.2) is 5.82 Å². The third-order valence-electron chi connectivity index (χ3n) is 4.13. The van der Waals surface area contributed by atoms with Gasteiger partial charge in [-0.05, 0) is 32.8 Å². The van der Waals surface area contributed by atoms with E-state index in [0.717, 1.165) is 30.0 Å². The summed E-state index contributed by atoms with van der Waals surface area (Å²) in [6.45, 7) is 5.29. The van der Waals surface area contributed by atoms with Crippen LogP contribution < -0.4 is 5.32 Å². The van der Waals surface area contributed by atoms with Crippen LogP contribution in [0.2, 0.25) is 0 Å². The van der Waals surface area contributed by atoms with Crippen molar-refractivity contribution in [3.8, 4) is 5.82 Å². The molecule has 0 aromatic carbocycles. The minimum Gasteiger partial charge on any atom is -0.453 e. The summed E-state index contributed by atoms with van der Waals surface area (Å²) in [6.07, 6.45) is 4.84. The predicted molar refractivity (Wildman–Crippen MR) is 89.3 cm³/mol. The van der Waals surface area contributed by atoms with Crippen molar-refractivity contribution in [1.29, 1.82) is 0 Å². The Morgan fingerprint density at radius 2 is 2.04 bits per heavy atom. The van der Waals surface area contributed by atoms with E-state index in [1.807, 2.05) is 19.9 Å². The van der Waals surface area contributed by atoms with Crippen molar-refractivity contribution in [3.63, 3.8) is 0 Å². The normalized spacial score (nSPS) is 15.4. The number of ether oxygens (including phenoxy) is 1. The zero-order valence-electron chi connectivity index (χ0n) is 14.2. The average Bonchev–Trinajstić information content (AvgIpc) is 2.93. The molecule has 3 rings (SSSR count). The largest absolute Gasteiger partial charge is 0.453 e. The van der Waals surface area contributed by atoms with E-state index in [1.165, 1.54) is 7.11 Å². The molecule has 2 aromatic rings. The Morgan fingerprint density at radius 1 is 1.29 bits per heavy atom. The Kier molecular flexibility index (Phi) is 4.64. The standard InChI is InChI=1S/C16H22N6O2/c1-11-8-12(2)22(20-11)15-10-17-9-14(19-15)18-13-4-6-21(7-5-13)16(23)24-3/h8-10,13H,4-7H2,1-3H3,(H,18,19). The number of rotatable bonds is 3. The Bertz CT molecular complexity index is 721. The van der Waals surface area contributed by atoms with E-state index in [0.29, 0.717) is 18.9 Å². The number of aromatic nitrogens is 4. The maximum atomic E-state index is 11.5. The molecule has 1 aliphatic heterocycles. The quantitative estimate of drug-likeness (QED) is 0.925. The number of nitrogens with one attached hydrogen (secondary N) is 1. The van der Waals surface area contributed by atoms with Gasteiger partial charge in [-0.3, -0.25) is 4.98 Å². The number of amides is 1. The lowest BCUT2D eigenvalue weighted by atomic mass is 10.1. The Balaban J connectivity index is 1.66. The van der Waals surface area contributed by atoms with Gasteiger partial charge >= 0.3 is 6.09 Å². The van der Waals surface area contributed by atoms with E-state index < -0.39 is 0 Å². The average molecular weight is 330 g/mol. The zero-order chi connectivity index (χ0) is 17.1. The van der Waals surface area contributed by atoms with Gasteiger partial charge in [-0.25, -0.2) is 14.5 Å². The van der Waals surface area contributed by atoms with Crippen molar-refractivity contribution in [1.82, 2.24) is 24.6 Å². The topological polar surface area (TPSA) is 85.2 Å². The molecule has 1 saturated heterocycles. The lowest BCUT2D eigenvalue weighted by Crippen LogP contribution is -2.42. The fourth-order valence-corrected chi connectivity index (χ4v) is 2.93. The van der Waals surface area contributed by atoms with Gasteiger partial charge in [-0.15, -0.1) is 0 Å². The maximum Gasteiger partial charge on any atom is 0.409 e. The van der Waals surface area contributed by atoms with Crippen molar-refractivity contribution in [3.05, 3.63) is 29.8 Å². The summed E-state index contributed by atoms with van der Waals surface area (Å²) in [4.78, 5) is 22.1. The third kappa shape index (κ3) is 3.47. The smallest absolute Gasteiger partial charge is 0.409 e. The van der Waals surface area contributed by atoms with Crippen molar-refractivity contribution >= 4 is 11.9 Å². The Morgan fingerprint density at radius 3 is 2.67 bits per heavy atom. The van der Waals surface area contributed by atoms with Crippen molar-refractivity contribution < 1.29 is 9.53 Å². The number of likely N-dealkylation sites (tertiary alicyclic amines) is 1. The van der Waals surface area contributed by atoms with Gasteiger partial charge in [0, 0.05) is 24.8 Å². The highest BCUT2D eigenvalue weighted by Crippen LogP contribution is 2.17. The highest BCUT2D eigenvalue weighted by molar-refractivity contribution is 5.67. The van der Waals surface area contributed by atoms with Crippen LogP contribution in [0.3, 0.4) is 0 Å². The number of carbonyl (C=O) groups excluding carboxylic acids is 1. The lowest BCUT2D eigenvalue weighted by Gasteiger charge is -2.31. The van der Waals surface area contributed by atoms with Crippen LogP contribution in [0.1, 0.15) is 24.2 Å². The summed E-state index contributed by atoms with van der Waals surface area (Å²) in [6, 6.07) is 2.26. The van der Waals surface area contributed by atoms with Gasteiger partial charge in [-0.1, -0.05) is 0 Å². The molecular formula is C16H22N6O2. The first-order chi connectivity index (χ1) is 11.6. The Labute approximate surface area is 140 Å². The SMILES string of the molecule is COC(=O)N1CCC(Nc2cncc(-n3nc(C)cc3C)n2)CC1. The fourth-order valence-electron chi connectivity index (χ4n) is 2.93. The second-order valence-electron chi connectivity index (χ2n) is 5.98. The molecule has 0 spiro atoms. The first-order valence-electron chi connectivity index (χ1n) is 8.02. The highest BCUT2D eigenvalue weighted by Gasteiger charge is 2.23. The fraction of sp³-hybridized carbons (Fsp3) is 0.500. The molecule has 8 heteroatoms. The van der Waals surface area contributed by atoms with E-state index >= 15 is 0 Å². The third-order valence-corrected chi connectivity index (χ3v) is 4.13. The van der Waals surface area contributed by atoms with Crippen LogP contribution in [0.5, 0.6) is 0 Å². The first-order valence-corrected chi connectivity index (χ1v) is 8.02. The summed E-state index contributed by atoms with van der Waals surface area (Å²) < 4.78 is 6.54. The molecule has 2 aromatic heterocycles. The van der Waals surface area contributed by atoms with Gasteiger partial charge in [-0.2, -0.15) is 5.10 Å². The minimum atomic E-state index is -0.264. The van der Waals surface area contributed by atoms with E-state index in [4.69, 9.17) is 4.74 Å². The van der Waals surface area contributed by atoms with Crippen LogP contribution in [0.15, 0.2) is 18.5 Å². The predicted octanol–water partition coefficient (Wildman–Crippen LogP) is 1.92. The van der Waals surface area contributed by atoms with Gasteiger partial charge in [0.2, 0.25) is 0 Å². The minimum absolute atomic E-state index is 0.260. The molecule has 0 atom stereocenters. The number of hydrogen-bond donors (Lipinski definition) is 1. The number of piperidine rings is 1. The molecule has 0 bridgehead atoms. The maximum absolute atomic E-state index is 11.5. The summed E-state index contributed by atoms with van der Waals surface area (Å²) in [5.74, 6) is 1.41. The number of methoxy groups -OCH3 is 1. The summed E-state index contributed by atoms with van der Waals surface area (Å²) in [5, 5.41) is 7.84.